The molecule has 0 amide bonds. The largest absolute Gasteiger partial charge is 0.480 e. The van der Waals surface area contributed by atoms with Crippen LogP contribution in [-0.4, -0.2) is 34.6 Å². The lowest BCUT2D eigenvalue weighted by Crippen LogP contribution is -2.26. The van der Waals surface area contributed by atoms with Gasteiger partial charge < -0.3 is 10.0 Å². The Labute approximate surface area is 161 Å². The SMILES string of the molecule is Cc1sc2nc(Cl)nc(N(C)CC(=O)O)c2c1-c1ccc(C(C)C)cc1. The number of carboxylic acids is 1. The summed E-state index contributed by atoms with van der Waals surface area (Å²) in [6.07, 6.45) is 0. The normalized spacial score (nSPS) is 11.3. The molecule has 5 nitrogen and oxygen atoms in total. The van der Waals surface area contributed by atoms with Crippen LogP contribution in [0.4, 0.5) is 5.82 Å². The number of hydrogen-bond donors (Lipinski definition) is 1. The fraction of sp³-hybridized carbons (Fsp3) is 0.316. The minimum atomic E-state index is -0.926. The second kappa shape index (κ2) is 7.21. The fourth-order valence-electron chi connectivity index (χ4n) is 3.00. The van der Waals surface area contributed by atoms with Crippen molar-refractivity contribution in [1.29, 1.82) is 0 Å². The highest BCUT2D eigenvalue weighted by molar-refractivity contribution is 7.19. The number of likely N-dealkylation sites (N-methyl/N-ethyl adjacent to an activating group) is 1. The van der Waals surface area contributed by atoms with Gasteiger partial charge in [0.2, 0.25) is 5.28 Å². The van der Waals surface area contributed by atoms with E-state index in [-0.39, 0.29) is 11.8 Å². The molecule has 0 saturated carbocycles. The van der Waals surface area contributed by atoms with Gasteiger partial charge in [0, 0.05) is 17.5 Å². The molecule has 1 N–H and O–H groups in total. The van der Waals surface area contributed by atoms with Gasteiger partial charge in [-0.1, -0.05) is 38.1 Å². The van der Waals surface area contributed by atoms with Gasteiger partial charge in [0.1, 0.15) is 17.2 Å². The van der Waals surface area contributed by atoms with Gasteiger partial charge in [0.05, 0.1) is 5.39 Å². The number of thiophene rings is 1. The van der Waals surface area contributed by atoms with Crippen molar-refractivity contribution < 1.29 is 9.90 Å². The number of rotatable bonds is 5. The van der Waals surface area contributed by atoms with E-state index in [1.54, 1.807) is 11.9 Å². The summed E-state index contributed by atoms with van der Waals surface area (Å²) in [5, 5.41) is 10.1. The first-order valence-corrected chi connectivity index (χ1v) is 9.47. The summed E-state index contributed by atoms with van der Waals surface area (Å²) in [5.41, 5.74) is 3.37. The quantitative estimate of drug-likeness (QED) is 0.624. The van der Waals surface area contributed by atoms with E-state index in [0.717, 1.165) is 26.2 Å². The van der Waals surface area contributed by atoms with E-state index in [2.05, 4.69) is 48.1 Å². The number of fused-ring (bicyclic) bond motifs is 1. The van der Waals surface area contributed by atoms with Crippen molar-refractivity contribution in [3.63, 3.8) is 0 Å². The summed E-state index contributed by atoms with van der Waals surface area (Å²) < 4.78 is 0. The van der Waals surface area contributed by atoms with Crippen molar-refractivity contribution in [2.24, 2.45) is 0 Å². The standard InChI is InChI=1S/C19H20ClN3O2S/c1-10(2)12-5-7-13(8-6-12)15-11(3)26-18-16(15)17(21-19(20)22-18)23(4)9-14(24)25/h5-8,10H,9H2,1-4H3,(H,24,25). The van der Waals surface area contributed by atoms with Crippen molar-refractivity contribution in [2.45, 2.75) is 26.7 Å². The van der Waals surface area contributed by atoms with E-state index >= 15 is 0 Å². The van der Waals surface area contributed by atoms with E-state index < -0.39 is 5.97 Å². The molecule has 0 unspecified atom stereocenters. The monoisotopic (exact) mass is 389 g/mol. The van der Waals surface area contributed by atoms with Crippen LogP contribution in [0.25, 0.3) is 21.3 Å². The molecule has 2 aromatic heterocycles. The number of aliphatic carboxylic acids is 1. The molecule has 0 fully saturated rings. The summed E-state index contributed by atoms with van der Waals surface area (Å²) in [6.45, 7) is 6.19. The first-order chi connectivity index (χ1) is 12.3. The van der Waals surface area contributed by atoms with Gasteiger partial charge in [0.15, 0.2) is 0 Å². The summed E-state index contributed by atoms with van der Waals surface area (Å²) in [5.74, 6) is 0.0728. The second-order valence-electron chi connectivity index (χ2n) is 6.56. The zero-order valence-electron chi connectivity index (χ0n) is 15.1. The molecule has 3 rings (SSSR count). The van der Waals surface area contributed by atoms with Crippen LogP contribution in [0.3, 0.4) is 0 Å². The van der Waals surface area contributed by atoms with Gasteiger partial charge in [0.25, 0.3) is 0 Å². The molecule has 3 aromatic rings. The first-order valence-electron chi connectivity index (χ1n) is 8.27. The number of anilines is 1. The highest BCUT2D eigenvalue weighted by Gasteiger charge is 2.21. The lowest BCUT2D eigenvalue weighted by Gasteiger charge is -2.17. The Morgan fingerprint density at radius 2 is 1.92 bits per heavy atom. The van der Waals surface area contributed by atoms with E-state index in [4.69, 9.17) is 16.7 Å². The van der Waals surface area contributed by atoms with E-state index in [0.29, 0.717) is 11.7 Å². The smallest absolute Gasteiger partial charge is 0.323 e. The summed E-state index contributed by atoms with van der Waals surface area (Å²) in [6, 6.07) is 8.44. The van der Waals surface area contributed by atoms with Crippen molar-refractivity contribution in [1.82, 2.24) is 9.97 Å². The maximum atomic E-state index is 11.1. The number of benzene rings is 1. The van der Waals surface area contributed by atoms with Crippen LogP contribution in [-0.2, 0) is 4.79 Å². The molecule has 0 bridgehead atoms. The van der Waals surface area contributed by atoms with Crippen molar-refractivity contribution in [2.75, 3.05) is 18.5 Å². The van der Waals surface area contributed by atoms with Crippen LogP contribution in [0.5, 0.6) is 0 Å². The van der Waals surface area contributed by atoms with Crippen molar-refractivity contribution in [3.05, 3.63) is 40.0 Å². The van der Waals surface area contributed by atoms with Crippen LogP contribution in [0.1, 0.15) is 30.2 Å². The van der Waals surface area contributed by atoms with E-state index in [1.807, 2.05) is 6.92 Å². The Morgan fingerprint density at radius 3 is 2.50 bits per heavy atom. The maximum Gasteiger partial charge on any atom is 0.323 e. The van der Waals surface area contributed by atoms with Crippen molar-refractivity contribution in [3.8, 4) is 11.1 Å². The lowest BCUT2D eigenvalue weighted by molar-refractivity contribution is -0.135. The molecule has 0 saturated heterocycles. The Morgan fingerprint density at radius 1 is 1.27 bits per heavy atom. The predicted octanol–water partition coefficient (Wildman–Crippen LogP) is 4.96. The third-order valence-corrected chi connectivity index (χ3v) is 5.45. The zero-order valence-corrected chi connectivity index (χ0v) is 16.6. The molecule has 0 spiro atoms. The third kappa shape index (κ3) is 3.52. The summed E-state index contributed by atoms with van der Waals surface area (Å²) in [7, 11) is 1.70. The number of aryl methyl sites for hydroxylation is 1. The topological polar surface area (TPSA) is 66.3 Å². The molecule has 26 heavy (non-hydrogen) atoms. The van der Waals surface area contributed by atoms with Crippen LogP contribution in [0.2, 0.25) is 5.28 Å². The number of halogens is 1. The number of carbonyl (C=O) groups is 1. The Hall–Kier alpha value is -2.18. The molecule has 0 radical (unpaired) electrons. The molecular weight excluding hydrogens is 370 g/mol. The average molecular weight is 390 g/mol. The van der Waals surface area contributed by atoms with Gasteiger partial charge in [-0.15, -0.1) is 11.3 Å². The van der Waals surface area contributed by atoms with E-state index in [1.165, 1.54) is 16.9 Å². The molecule has 7 heteroatoms. The highest BCUT2D eigenvalue weighted by Crippen LogP contribution is 2.42. The molecule has 0 atom stereocenters. The predicted molar refractivity (Wildman–Crippen MR) is 108 cm³/mol. The molecule has 0 aliphatic rings. The van der Waals surface area contributed by atoms with Crippen LogP contribution >= 0.6 is 22.9 Å². The van der Waals surface area contributed by atoms with Gasteiger partial charge in [-0.2, -0.15) is 4.98 Å². The third-order valence-electron chi connectivity index (χ3n) is 4.28. The molecule has 2 heterocycles. The van der Waals surface area contributed by atoms with Crippen LogP contribution in [0, 0.1) is 6.92 Å². The molecule has 0 aliphatic carbocycles. The lowest BCUT2D eigenvalue weighted by atomic mass is 9.98. The van der Waals surface area contributed by atoms with Gasteiger partial charge >= 0.3 is 5.97 Å². The van der Waals surface area contributed by atoms with Crippen LogP contribution < -0.4 is 4.90 Å². The number of carboxylic acid groups (broad SMARTS) is 1. The van der Waals surface area contributed by atoms with Crippen molar-refractivity contribution >= 4 is 44.9 Å². The molecule has 1 aromatic carbocycles. The highest BCUT2D eigenvalue weighted by atomic mass is 35.5. The number of hydrogen-bond acceptors (Lipinski definition) is 5. The van der Waals surface area contributed by atoms with Crippen LogP contribution in [0.15, 0.2) is 24.3 Å². The van der Waals surface area contributed by atoms with Gasteiger partial charge in [-0.25, -0.2) is 4.98 Å². The van der Waals surface area contributed by atoms with E-state index in [9.17, 15) is 4.79 Å². The summed E-state index contributed by atoms with van der Waals surface area (Å²) in [4.78, 5) is 23.3. The van der Waals surface area contributed by atoms with Gasteiger partial charge in [-0.3, -0.25) is 4.79 Å². The fourth-order valence-corrected chi connectivity index (χ4v) is 4.26. The molecule has 136 valence electrons. The number of aromatic nitrogens is 2. The molecular formula is C19H20ClN3O2S. The number of nitrogens with zero attached hydrogens (tertiary/aromatic N) is 3. The zero-order chi connectivity index (χ0) is 19.0. The Kier molecular flexibility index (Phi) is 5.16. The minimum Gasteiger partial charge on any atom is -0.480 e. The Balaban J connectivity index is 2.22. The minimum absolute atomic E-state index is 0.118. The average Bonchev–Trinajstić information content (AvgIpc) is 2.88. The summed E-state index contributed by atoms with van der Waals surface area (Å²) >= 11 is 7.62. The second-order valence-corrected chi connectivity index (χ2v) is 8.10. The first kappa shape index (κ1) is 18.6. The maximum absolute atomic E-state index is 11.1. The van der Waals surface area contributed by atoms with Gasteiger partial charge in [-0.05, 0) is 35.6 Å². The molecule has 0 aliphatic heterocycles. The Bertz CT molecular complexity index is 967.